The van der Waals surface area contributed by atoms with E-state index in [1.165, 1.54) is 12.1 Å². The number of amides is 1. The van der Waals surface area contributed by atoms with Crippen LogP contribution in [0, 0.1) is 0 Å². The first-order chi connectivity index (χ1) is 11.3. The highest BCUT2D eigenvalue weighted by molar-refractivity contribution is 7.10. The summed E-state index contributed by atoms with van der Waals surface area (Å²) in [7, 11) is 3.83. The summed E-state index contributed by atoms with van der Waals surface area (Å²) >= 11 is 1.60. The molecule has 0 saturated heterocycles. The molecule has 2 aromatic rings. The van der Waals surface area contributed by atoms with Crippen molar-refractivity contribution in [2.75, 3.05) is 20.6 Å². The van der Waals surface area contributed by atoms with E-state index in [-0.39, 0.29) is 23.3 Å². The van der Waals surface area contributed by atoms with Crippen LogP contribution in [0.1, 0.15) is 21.3 Å². The van der Waals surface area contributed by atoms with Crippen LogP contribution in [0.5, 0.6) is 5.75 Å². The molecule has 0 bridgehead atoms. The molecule has 1 aromatic carbocycles. The summed E-state index contributed by atoms with van der Waals surface area (Å²) < 4.78 is 40.1. The quantitative estimate of drug-likeness (QED) is 0.857. The van der Waals surface area contributed by atoms with Crippen LogP contribution in [-0.2, 0) is 0 Å². The number of ether oxygens (including phenoxy) is 1. The summed E-state index contributed by atoms with van der Waals surface area (Å²) in [5, 5.41) is 4.76. The number of hydrogen-bond donors (Lipinski definition) is 1. The molecule has 0 aliphatic carbocycles. The van der Waals surface area contributed by atoms with Gasteiger partial charge in [0.05, 0.1) is 6.04 Å². The maximum Gasteiger partial charge on any atom is 0.573 e. The van der Waals surface area contributed by atoms with Crippen LogP contribution in [0.2, 0.25) is 0 Å². The first kappa shape index (κ1) is 18.3. The van der Waals surface area contributed by atoms with E-state index in [0.717, 1.165) is 17.0 Å². The van der Waals surface area contributed by atoms with Crippen molar-refractivity contribution in [1.29, 1.82) is 0 Å². The molecule has 1 atom stereocenters. The van der Waals surface area contributed by atoms with E-state index in [4.69, 9.17) is 0 Å². The summed E-state index contributed by atoms with van der Waals surface area (Å²) in [6.45, 7) is 0.396. The Morgan fingerprint density at radius 2 is 1.92 bits per heavy atom. The van der Waals surface area contributed by atoms with Crippen LogP contribution in [0.4, 0.5) is 13.2 Å². The molecule has 1 unspecified atom stereocenters. The molecule has 1 heterocycles. The average molecular weight is 358 g/mol. The lowest BCUT2D eigenvalue weighted by Crippen LogP contribution is -2.34. The van der Waals surface area contributed by atoms with Gasteiger partial charge in [0.25, 0.3) is 5.91 Å². The minimum atomic E-state index is -4.75. The summed E-state index contributed by atoms with van der Waals surface area (Å²) in [6, 6.07) is 8.79. The topological polar surface area (TPSA) is 41.6 Å². The van der Waals surface area contributed by atoms with Crippen molar-refractivity contribution in [2.24, 2.45) is 0 Å². The number of rotatable bonds is 6. The normalized spacial score (nSPS) is 12.9. The lowest BCUT2D eigenvalue weighted by Gasteiger charge is -2.23. The smallest absolute Gasteiger partial charge is 0.406 e. The Hall–Kier alpha value is -2.06. The molecule has 0 aliphatic rings. The molecule has 1 amide bonds. The van der Waals surface area contributed by atoms with E-state index >= 15 is 0 Å². The Balaban J connectivity index is 1.96. The summed E-state index contributed by atoms with van der Waals surface area (Å²) in [5.41, 5.74) is 0.271. The van der Waals surface area contributed by atoms with Crippen LogP contribution in [0.25, 0.3) is 0 Å². The maximum atomic E-state index is 12.1. The van der Waals surface area contributed by atoms with Crippen molar-refractivity contribution in [2.45, 2.75) is 12.4 Å². The van der Waals surface area contributed by atoms with Gasteiger partial charge in [-0.1, -0.05) is 6.07 Å². The van der Waals surface area contributed by atoms with Crippen molar-refractivity contribution in [3.8, 4) is 5.75 Å². The molecule has 24 heavy (non-hydrogen) atoms. The number of hydrogen-bond acceptors (Lipinski definition) is 4. The third-order valence-corrected chi connectivity index (χ3v) is 4.27. The van der Waals surface area contributed by atoms with E-state index in [0.29, 0.717) is 6.54 Å². The zero-order valence-corrected chi connectivity index (χ0v) is 13.9. The highest BCUT2D eigenvalue weighted by atomic mass is 32.1. The molecule has 1 N–H and O–H groups in total. The minimum absolute atomic E-state index is 0.0294. The number of nitrogens with one attached hydrogen (secondary N) is 1. The van der Waals surface area contributed by atoms with Crippen molar-refractivity contribution in [3.05, 3.63) is 52.2 Å². The van der Waals surface area contributed by atoms with Gasteiger partial charge >= 0.3 is 6.36 Å². The Morgan fingerprint density at radius 1 is 1.25 bits per heavy atom. The van der Waals surface area contributed by atoms with E-state index in [2.05, 4.69) is 10.1 Å². The maximum absolute atomic E-state index is 12.1. The van der Waals surface area contributed by atoms with Gasteiger partial charge < -0.3 is 15.0 Å². The third kappa shape index (κ3) is 5.24. The van der Waals surface area contributed by atoms with Crippen LogP contribution in [-0.4, -0.2) is 37.8 Å². The number of thiophene rings is 1. The number of alkyl halides is 3. The van der Waals surface area contributed by atoms with Gasteiger partial charge in [0, 0.05) is 17.0 Å². The van der Waals surface area contributed by atoms with E-state index in [1.807, 2.05) is 36.5 Å². The molecular weight excluding hydrogens is 341 g/mol. The number of carbonyl (C=O) groups excluding carboxylic acids is 1. The summed E-state index contributed by atoms with van der Waals surface area (Å²) in [4.78, 5) is 15.3. The van der Waals surface area contributed by atoms with Crippen LogP contribution >= 0.6 is 11.3 Å². The number of carbonyl (C=O) groups is 1. The zero-order valence-electron chi connectivity index (χ0n) is 13.1. The van der Waals surface area contributed by atoms with Gasteiger partial charge in [-0.05, 0) is 49.8 Å². The fraction of sp³-hybridized carbons (Fsp3) is 0.312. The van der Waals surface area contributed by atoms with Gasteiger partial charge in [-0.2, -0.15) is 0 Å². The van der Waals surface area contributed by atoms with Gasteiger partial charge in [-0.25, -0.2) is 0 Å². The number of nitrogens with zero attached hydrogens (tertiary/aromatic N) is 1. The molecular formula is C16H17F3N2O2S. The highest BCUT2D eigenvalue weighted by Gasteiger charge is 2.31. The number of halogens is 3. The average Bonchev–Trinajstić information content (AvgIpc) is 3.00. The second-order valence-corrected chi connectivity index (χ2v) is 6.26. The largest absolute Gasteiger partial charge is 0.573 e. The van der Waals surface area contributed by atoms with Crippen molar-refractivity contribution >= 4 is 17.2 Å². The Morgan fingerprint density at radius 3 is 2.42 bits per heavy atom. The first-order valence-corrected chi connectivity index (χ1v) is 7.98. The van der Waals surface area contributed by atoms with E-state index in [9.17, 15) is 18.0 Å². The summed E-state index contributed by atoms with van der Waals surface area (Å²) in [5.74, 6) is -0.708. The number of likely N-dealkylation sites (N-methyl/N-ethyl adjacent to an activating group) is 1. The monoisotopic (exact) mass is 358 g/mol. The molecule has 4 nitrogen and oxygen atoms in total. The van der Waals surface area contributed by atoms with E-state index in [1.54, 1.807) is 11.3 Å². The molecule has 2 rings (SSSR count). The van der Waals surface area contributed by atoms with E-state index < -0.39 is 6.36 Å². The van der Waals surface area contributed by atoms with Gasteiger partial charge in [-0.3, -0.25) is 4.79 Å². The second kappa shape index (κ2) is 7.67. The van der Waals surface area contributed by atoms with Gasteiger partial charge in [0.2, 0.25) is 0 Å². The van der Waals surface area contributed by atoms with Gasteiger partial charge in [-0.15, -0.1) is 24.5 Å². The SMILES string of the molecule is CN(C)C(CNC(=O)c1ccc(OC(F)(F)F)cc1)c1cccs1. The standard InChI is InChI=1S/C16H17F3N2O2S/c1-21(2)13(14-4-3-9-24-14)10-20-15(22)11-5-7-12(8-6-11)23-16(17,18)19/h3-9,13H,10H2,1-2H3,(H,20,22). The molecule has 0 saturated carbocycles. The predicted molar refractivity (Wildman–Crippen MR) is 86.2 cm³/mol. The molecule has 0 fully saturated rings. The van der Waals surface area contributed by atoms with Crippen LogP contribution in [0.3, 0.4) is 0 Å². The molecule has 8 heteroatoms. The van der Waals surface area contributed by atoms with Crippen molar-refractivity contribution in [1.82, 2.24) is 10.2 Å². The minimum Gasteiger partial charge on any atom is -0.406 e. The fourth-order valence-electron chi connectivity index (χ4n) is 2.12. The lowest BCUT2D eigenvalue weighted by atomic mass is 10.2. The van der Waals surface area contributed by atoms with Gasteiger partial charge in [0.1, 0.15) is 5.75 Å². The Bertz CT molecular complexity index is 655. The fourth-order valence-corrected chi connectivity index (χ4v) is 3.04. The Kier molecular flexibility index (Phi) is 5.84. The van der Waals surface area contributed by atoms with Gasteiger partial charge in [0.15, 0.2) is 0 Å². The highest BCUT2D eigenvalue weighted by Crippen LogP contribution is 2.24. The third-order valence-electron chi connectivity index (χ3n) is 3.30. The van der Waals surface area contributed by atoms with Crippen molar-refractivity contribution in [3.63, 3.8) is 0 Å². The summed E-state index contributed by atoms with van der Waals surface area (Å²) in [6.07, 6.45) is -4.75. The second-order valence-electron chi connectivity index (χ2n) is 5.28. The molecule has 0 aliphatic heterocycles. The van der Waals surface area contributed by atoms with Crippen LogP contribution < -0.4 is 10.1 Å². The predicted octanol–water partition coefficient (Wildman–Crippen LogP) is 3.68. The van der Waals surface area contributed by atoms with Crippen molar-refractivity contribution < 1.29 is 22.7 Å². The molecule has 130 valence electrons. The molecule has 0 spiro atoms. The molecule has 0 radical (unpaired) electrons. The Labute approximate surface area is 141 Å². The number of benzene rings is 1. The zero-order chi connectivity index (χ0) is 17.7. The molecule has 1 aromatic heterocycles. The first-order valence-electron chi connectivity index (χ1n) is 7.10. The van der Waals surface area contributed by atoms with Crippen LogP contribution in [0.15, 0.2) is 41.8 Å². The lowest BCUT2D eigenvalue weighted by molar-refractivity contribution is -0.274.